The molecule has 0 aliphatic carbocycles. The monoisotopic (exact) mass is 353 g/mol. The number of halogens is 3. The van der Waals surface area contributed by atoms with Crippen LogP contribution < -0.4 is 0 Å². The summed E-state index contributed by atoms with van der Waals surface area (Å²) in [5, 5.41) is 2.13. The van der Waals surface area contributed by atoms with Crippen molar-refractivity contribution < 1.29 is 13.2 Å². The molecule has 1 aliphatic rings. The second-order valence-electron chi connectivity index (χ2n) is 6.63. The summed E-state index contributed by atoms with van der Waals surface area (Å²) in [5.74, 6) is 0. The molecular weight excluding hydrogens is 335 g/mol. The van der Waals surface area contributed by atoms with Crippen LogP contribution >= 0.6 is 0 Å². The lowest BCUT2D eigenvalue weighted by Gasteiger charge is -2.25. The Labute approximate surface area is 150 Å². The van der Waals surface area contributed by atoms with Gasteiger partial charge in [0.2, 0.25) is 0 Å². The van der Waals surface area contributed by atoms with Gasteiger partial charge in [0.25, 0.3) is 0 Å². The molecule has 132 valence electrons. The molecule has 3 aromatic carbocycles. The molecule has 0 aromatic heterocycles. The van der Waals surface area contributed by atoms with Crippen LogP contribution in [-0.4, -0.2) is 17.6 Å². The highest BCUT2D eigenvalue weighted by Gasteiger charge is 2.40. The largest absolute Gasteiger partial charge is 0.413 e. The highest BCUT2D eigenvalue weighted by molar-refractivity contribution is 5.83. The number of fused-ring (bicyclic) bond motifs is 1. The van der Waals surface area contributed by atoms with Crippen LogP contribution in [0.1, 0.15) is 17.2 Å². The Morgan fingerprint density at radius 1 is 0.846 bits per heavy atom. The van der Waals surface area contributed by atoms with Gasteiger partial charge in [-0.15, -0.1) is 0 Å². The molecule has 0 fully saturated rings. The second-order valence-corrected chi connectivity index (χ2v) is 6.63. The highest BCUT2D eigenvalue weighted by atomic mass is 19.4. The van der Waals surface area contributed by atoms with Crippen molar-refractivity contribution >= 4 is 10.8 Å². The molecule has 4 heteroatoms. The topological polar surface area (TPSA) is 3.24 Å². The van der Waals surface area contributed by atoms with Crippen molar-refractivity contribution in [3.8, 4) is 0 Å². The van der Waals surface area contributed by atoms with Gasteiger partial charge < -0.3 is 0 Å². The van der Waals surface area contributed by atoms with E-state index >= 15 is 0 Å². The van der Waals surface area contributed by atoms with Crippen LogP contribution in [0.4, 0.5) is 13.2 Å². The SMILES string of the molecule is FC(F)(F)C1=CC(c2ccc3ccccc3c2)N(Cc2ccccc2)C1. The first-order chi connectivity index (χ1) is 12.5. The van der Waals surface area contributed by atoms with Gasteiger partial charge in [-0.3, -0.25) is 4.90 Å². The molecule has 0 bridgehead atoms. The number of hydrogen-bond acceptors (Lipinski definition) is 1. The third-order valence-corrected chi connectivity index (χ3v) is 4.83. The van der Waals surface area contributed by atoms with E-state index in [0.29, 0.717) is 6.54 Å². The lowest BCUT2D eigenvalue weighted by molar-refractivity contribution is -0.0937. The fourth-order valence-corrected chi connectivity index (χ4v) is 3.52. The van der Waals surface area contributed by atoms with Gasteiger partial charge in [-0.2, -0.15) is 13.2 Å². The Morgan fingerprint density at radius 3 is 2.27 bits per heavy atom. The summed E-state index contributed by atoms with van der Waals surface area (Å²) in [6, 6.07) is 23.1. The maximum atomic E-state index is 13.3. The van der Waals surface area contributed by atoms with Gasteiger partial charge in [0, 0.05) is 18.7 Å². The summed E-state index contributed by atoms with van der Waals surface area (Å²) in [7, 11) is 0. The average molecular weight is 353 g/mol. The van der Waals surface area contributed by atoms with Crippen molar-refractivity contribution in [2.45, 2.75) is 18.8 Å². The van der Waals surface area contributed by atoms with E-state index in [0.717, 1.165) is 21.9 Å². The van der Waals surface area contributed by atoms with Gasteiger partial charge in [0.1, 0.15) is 0 Å². The molecule has 26 heavy (non-hydrogen) atoms. The lowest BCUT2D eigenvalue weighted by atomic mass is 10.0. The summed E-state index contributed by atoms with van der Waals surface area (Å²) in [5.41, 5.74) is 1.43. The predicted octanol–water partition coefficient (Wildman–Crippen LogP) is 5.89. The summed E-state index contributed by atoms with van der Waals surface area (Å²) >= 11 is 0. The average Bonchev–Trinajstić information content (AvgIpc) is 3.06. The zero-order valence-electron chi connectivity index (χ0n) is 14.1. The third-order valence-electron chi connectivity index (χ3n) is 4.83. The first-order valence-electron chi connectivity index (χ1n) is 8.55. The molecule has 1 nitrogen and oxygen atoms in total. The van der Waals surface area contributed by atoms with E-state index in [1.807, 2.05) is 77.7 Å². The molecule has 1 atom stereocenters. The van der Waals surface area contributed by atoms with E-state index in [1.54, 1.807) is 0 Å². The minimum atomic E-state index is -4.29. The molecule has 0 saturated carbocycles. The van der Waals surface area contributed by atoms with E-state index in [2.05, 4.69) is 0 Å². The van der Waals surface area contributed by atoms with Gasteiger partial charge in [0.05, 0.1) is 6.04 Å². The van der Waals surface area contributed by atoms with Crippen LogP contribution in [0.3, 0.4) is 0 Å². The lowest BCUT2D eigenvalue weighted by Crippen LogP contribution is -2.26. The van der Waals surface area contributed by atoms with Crippen LogP contribution in [0.5, 0.6) is 0 Å². The Kier molecular flexibility index (Phi) is 4.29. The first-order valence-corrected chi connectivity index (χ1v) is 8.55. The highest BCUT2D eigenvalue weighted by Crippen LogP contribution is 2.39. The van der Waals surface area contributed by atoms with E-state index in [-0.39, 0.29) is 12.6 Å². The van der Waals surface area contributed by atoms with E-state index in [1.165, 1.54) is 6.08 Å². The first kappa shape index (κ1) is 16.9. The number of rotatable bonds is 3. The predicted molar refractivity (Wildman–Crippen MR) is 97.7 cm³/mol. The normalized spacial score (nSPS) is 18.3. The van der Waals surface area contributed by atoms with Crippen molar-refractivity contribution in [3.63, 3.8) is 0 Å². The van der Waals surface area contributed by atoms with E-state index in [4.69, 9.17) is 0 Å². The molecule has 1 aliphatic heterocycles. The Bertz CT molecular complexity index is 944. The Hall–Kier alpha value is -2.59. The molecule has 0 saturated heterocycles. The molecule has 0 spiro atoms. The molecule has 0 amide bonds. The molecular formula is C22H18F3N. The fraction of sp³-hybridized carbons (Fsp3) is 0.182. The van der Waals surface area contributed by atoms with Crippen LogP contribution in [0.15, 0.2) is 84.4 Å². The van der Waals surface area contributed by atoms with Gasteiger partial charge in [0.15, 0.2) is 0 Å². The molecule has 0 radical (unpaired) electrons. The standard InChI is InChI=1S/C22H18F3N/c23-22(24,25)20-13-21(26(15-20)14-16-6-2-1-3-7-16)19-11-10-17-8-4-5-9-18(17)12-19/h1-13,21H,14-15H2. The Morgan fingerprint density at radius 2 is 1.54 bits per heavy atom. The zero-order chi connectivity index (χ0) is 18.1. The van der Waals surface area contributed by atoms with Crippen LogP contribution in [0, 0.1) is 0 Å². The number of benzene rings is 3. The van der Waals surface area contributed by atoms with Crippen molar-refractivity contribution in [2.75, 3.05) is 6.54 Å². The molecule has 3 aromatic rings. The zero-order valence-corrected chi connectivity index (χ0v) is 14.1. The van der Waals surface area contributed by atoms with Gasteiger partial charge in [-0.25, -0.2) is 0 Å². The molecule has 1 heterocycles. The summed E-state index contributed by atoms with van der Waals surface area (Å²) < 4.78 is 40.0. The Balaban J connectivity index is 1.71. The van der Waals surface area contributed by atoms with Crippen LogP contribution in [0.25, 0.3) is 10.8 Å². The summed E-state index contributed by atoms with van der Waals surface area (Å²) in [6.07, 6.45) is -2.92. The van der Waals surface area contributed by atoms with Crippen LogP contribution in [-0.2, 0) is 6.54 Å². The fourth-order valence-electron chi connectivity index (χ4n) is 3.52. The summed E-state index contributed by atoms with van der Waals surface area (Å²) in [4.78, 5) is 1.88. The smallest absolute Gasteiger partial charge is 0.284 e. The number of hydrogen-bond donors (Lipinski definition) is 0. The van der Waals surface area contributed by atoms with Gasteiger partial charge >= 0.3 is 6.18 Å². The number of alkyl halides is 3. The maximum absolute atomic E-state index is 13.3. The minimum absolute atomic E-state index is 0.0874. The summed E-state index contributed by atoms with van der Waals surface area (Å²) in [6.45, 7) is 0.393. The quantitative estimate of drug-likeness (QED) is 0.531. The van der Waals surface area contributed by atoms with E-state index < -0.39 is 11.7 Å². The third kappa shape index (κ3) is 3.37. The van der Waals surface area contributed by atoms with Crippen molar-refractivity contribution in [2.24, 2.45) is 0 Å². The number of nitrogens with zero attached hydrogens (tertiary/aromatic N) is 1. The van der Waals surface area contributed by atoms with Crippen molar-refractivity contribution in [1.82, 2.24) is 4.90 Å². The van der Waals surface area contributed by atoms with Crippen molar-refractivity contribution in [3.05, 3.63) is 95.6 Å². The molecule has 0 N–H and O–H groups in total. The van der Waals surface area contributed by atoms with Crippen LogP contribution in [0.2, 0.25) is 0 Å². The minimum Gasteiger partial charge on any atom is -0.284 e. The molecule has 4 rings (SSSR count). The molecule has 1 unspecified atom stereocenters. The van der Waals surface area contributed by atoms with Gasteiger partial charge in [-0.05, 0) is 28.0 Å². The second kappa shape index (κ2) is 6.61. The maximum Gasteiger partial charge on any atom is 0.413 e. The van der Waals surface area contributed by atoms with Crippen molar-refractivity contribution in [1.29, 1.82) is 0 Å². The van der Waals surface area contributed by atoms with E-state index in [9.17, 15) is 13.2 Å². The van der Waals surface area contributed by atoms with Gasteiger partial charge in [-0.1, -0.05) is 72.8 Å².